The molecule has 280 valence electrons. The fourth-order valence-corrected chi connectivity index (χ4v) is 9.04. The van der Waals surface area contributed by atoms with Crippen LogP contribution in [0.1, 0.15) is 22.3 Å². The van der Waals surface area contributed by atoms with Crippen molar-refractivity contribution in [1.82, 2.24) is 0 Å². The van der Waals surface area contributed by atoms with Gasteiger partial charge in [-0.1, -0.05) is 212 Å². The molecule has 0 heterocycles. The normalized spacial score (nSPS) is 11.9. The SMILES string of the molecule is C(=C\c1ccc2ccccc2c1)/c1cccc(-c2c3ccccc3c(-c3cccc(/C=C/c4ccc5ccccc5c4)c3)c3c(-c4ccc5ccccc5c4)cccc23)c1. The van der Waals surface area contributed by atoms with Crippen LogP contribution in [0.3, 0.4) is 0 Å². The van der Waals surface area contributed by atoms with Crippen LogP contribution < -0.4 is 0 Å². The molecule has 11 aromatic carbocycles. The average Bonchev–Trinajstić information content (AvgIpc) is 3.31. The molecule has 0 unspecified atom stereocenters. The zero-order chi connectivity index (χ0) is 39.8. The molecule has 0 atom stereocenters. The van der Waals surface area contributed by atoms with Crippen LogP contribution in [0.4, 0.5) is 0 Å². The Labute approximate surface area is 350 Å². The standard InChI is InChI=1S/C60H40/c1-4-17-48-36-43(30-32-45(48)14-1)28-26-41-12-9-20-52(38-41)58-55-22-7-8-23-56(55)59(60-54(24-11-25-57(58)60)51-35-34-47-16-3-6-19-50(47)40-51)53-21-10-13-42(39-53)27-29-44-31-33-46-15-2-5-18-49(46)37-44/h1-40H/b28-26+,29-27+. The van der Waals surface area contributed by atoms with Gasteiger partial charge in [0.15, 0.2) is 0 Å². The monoisotopic (exact) mass is 760 g/mol. The van der Waals surface area contributed by atoms with Gasteiger partial charge in [0.1, 0.15) is 0 Å². The van der Waals surface area contributed by atoms with E-state index in [2.05, 4.69) is 243 Å². The Balaban J connectivity index is 1.10. The topological polar surface area (TPSA) is 0 Å². The summed E-state index contributed by atoms with van der Waals surface area (Å²) < 4.78 is 0. The molecule has 0 radical (unpaired) electrons. The van der Waals surface area contributed by atoms with Crippen LogP contribution in [-0.2, 0) is 0 Å². The molecule has 0 saturated carbocycles. The second-order valence-electron chi connectivity index (χ2n) is 15.7. The van der Waals surface area contributed by atoms with E-state index in [1.165, 1.54) is 104 Å². The molecule has 0 aliphatic heterocycles. The van der Waals surface area contributed by atoms with Crippen LogP contribution in [0.5, 0.6) is 0 Å². The van der Waals surface area contributed by atoms with Gasteiger partial charge in [0.2, 0.25) is 0 Å². The molecule has 0 aromatic heterocycles. The summed E-state index contributed by atoms with van der Waals surface area (Å²) >= 11 is 0. The Hall–Kier alpha value is -7.80. The minimum atomic E-state index is 1.16. The Bertz CT molecular complexity index is 3490. The van der Waals surface area contributed by atoms with E-state index < -0.39 is 0 Å². The molecule has 0 aliphatic rings. The van der Waals surface area contributed by atoms with E-state index in [9.17, 15) is 0 Å². The smallest absolute Gasteiger partial charge is 0.00141 e. The van der Waals surface area contributed by atoms with Crippen LogP contribution in [0.2, 0.25) is 0 Å². The molecule has 11 rings (SSSR count). The van der Waals surface area contributed by atoms with Crippen molar-refractivity contribution in [3.8, 4) is 33.4 Å². The van der Waals surface area contributed by atoms with Crippen molar-refractivity contribution in [2.45, 2.75) is 0 Å². The molecular weight excluding hydrogens is 721 g/mol. The third kappa shape index (κ3) is 6.65. The highest BCUT2D eigenvalue weighted by molar-refractivity contribution is 6.25. The lowest BCUT2D eigenvalue weighted by Gasteiger charge is -2.21. The highest BCUT2D eigenvalue weighted by Crippen LogP contribution is 2.47. The fourth-order valence-electron chi connectivity index (χ4n) is 9.04. The lowest BCUT2D eigenvalue weighted by atomic mass is 9.82. The first-order valence-corrected chi connectivity index (χ1v) is 20.7. The molecule has 0 fully saturated rings. The van der Waals surface area contributed by atoms with Crippen molar-refractivity contribution in [2.75, 3.05) is 0 Å². The first-order chi connectivity index (χ1) is 29.7. The summed E-state index contributed by atoms with van der Waals surface area (Å²) in [5, 5.41) is 12.5. The molecule has 0 nitrogen and oxygen atoms in total. The first kappa shape index (κ1) is 35.4. The van der Waals surface area contributed by atoms with Gasteiger partial charge >= 0.3 is 0 Å². The van der Waals surface area contributed by atoms with E-state index in [-0.39, 0.29) is 0 Å². The average molecular weight is 761 g/mol. The van der Waals surface area contributed by atoms with E-state index in [0.717, 1.165) is 5.56 Å². The summed E-state index contributed by atoms with van der Waals surface area (Å²) in [6.07, 6.45) is 8.94. The van der Waals surface area contributed by atoms with Crippen LogP contribution in [-0.4, -0.2) is 0 Å². The maximum atomic E-state index is 2.35. The van der Waals surface area contributed by atoms with Crippen molar-refractivity contribution < 1.29 is 0 Å². The van der Waals surface area contributed by atoms with Crippen LogP contribution in [0.15, 0.2) is 218 Å². The largest absolute Gasteiger partial charge is 0.0616 e. The number of rotatable bonds is 7. The van der Waals surface area contributed by atoms with Crippen LogP contribution in [0.25, 0.3) is 112 Å². The highest BCUT2D eigenvalue weighted by atomic mass is 14.2. The third-order valence-electron chi connectivity index (χ3n) is 11.9. The summed E-state index contributed by atoms with van der Waals surface area (Å²) in [4.78, 5) is 0. The predicted molar refractivity (Wildman–Crippen MR) is 261 cm³/mol. The lowest BCUT2D eigenvalue weighted by molar-refractivity contribution is 1.61. The van der Waals surface area contributed by atoms with E-state index in [1.54, 1.807) is 0 Å². The van der Waals surface area contributed by atoms with E-state index >= 15 is 0 Å². The first-order valence-electron chi connectivity index (χ1n) is 20.7. The maximum Gasteiger partial charge on any atom is -0.00141 e. The van der Waals surface area contributed by atoms with Gasteiger partial charge in [-0.2, -0.15) is 0 Å². The van der Waals surface area contributed by atoms with Gasteiger partial charge in [-0.3, -0.25) is 0 Å². The number of benzene rings is 11. The quantitative estimate of drug-likeness (QED) is 0.112. The summed E-state index contributed by atoms with van der Waals surface area (Å²) in [5.41, 5.74) is 12.0. The maximum absolute atomic E-state index is 2.35. The highest BCUT2D eigenvalue weighted by Gasteiger charge is 2.20. The Morgan fingerprint density at radius 2 is 0.650 bits per heavy atom. The molecule has 0 bridgehead atoms. The number of hydrogen-bond acceptors (Lipinski definition) is 0. The van der Waals surface area contributed by atoms with Gasteiger partial charge in [0.25, 0.3) is 0 Å². The molecule has 0 aliphatic carbocycles. The molecule has 0 saturated heterocycles. The molecule has 0 spiro atoms. The van der Waals surface area contributed by atoms with Gasteiger partial charge in [0, 0.05) is 0 Å². The molecule has 60 heavy (non-hydrogen) atoms. The summed E-state index contributed by atoms with van der Waals surface area (Å²) in [5.74, 6) is 0. The minimum Gasteiger partial charge on any atom is -0.0616 e. The second-order valence-corrected chi connectivity index (χ2v) is 15.7. The predicted octanol–water partition coefficient (Wildman–Crippen LogP) is 16.8. The van der Waals surface area contributed by atoms with Crippen molar-refractivity contribution in [3.05, 3.63) is 241 Å². The third-order valence-corrected chi connectivity index (χ3v) is 11.9. The van der Waals surface area contributed by atoms with Gasteiger partial charge < -0.3 is 0 Å². The molecule has 0 N–H and O–H groups in total. The van der Waals surface area contributed by atoms with Crippen molar-refractivity contribution in [1.29, 1.82) is 0 Å². The zero-order valence-corrected chi connectivity index (χ0v) is 33.1. The Kier molecular flexibility index (Phi) is 8.95. The number of hydrogen-bond donors (Lipinski definition) is 0. The van der Waals surface area contributed by atoms with Crippen molar-refractivity contribution in [3.63, 3.8) is 0 Å². The van der Waals surface area contributed by atoms with E-state index in [0.29, 0.717) is 0 Å². The van der Waals surface area contributed by atoms with Crippen LogP contribution in [0, 0.1) is 0 Å². The van der Waals surface area contributed by atoms with Gasteiger partial charge in [-0.05, 0) is 140 Å². The lowest BCUT2D eigenvalue weighted by Crippen LogP contribution is -1.94. The molecule has 11 aromatic rings. The van der Waals surface area contributed by atoms with Gasteiger partial charge in [-0.15, -0.1) is 0 Å². The fraction of sp³-hybridized carbons (Fsp3) is 0. The summed E-state index contributed by atoms with van der Waals surface area (Å²) in [6, 6.07) is 79.9. The van der Waals surface area contributed by atoms with Gasteiger partial charge in [0.05, 0.1) is 0 Å². The van der Waals surface area contributed by atoms with E-state index in [1.807, 2.05) is 0 Å². The van der Waals surface area contributed by atoms with Crippen LogP contribution >= 0.6 is 0 Å². The minimum absolute atomic E-state index is 1.16. The van der Waals surface area contributed by atoms with Gasteiger partial charge in [-0.25, -0.2) is 0 Å². The molecule has 0 heteroatoms. The van der Waals surface area contributed by atoms with Crippen molar-refractivity contribution in [2.24, 2.45) is 0 Å². The summed E-state index contributed by atoms with van der Waals surface area (Å²) in [7, 11) is 0. The molecule has 0 amide bonds. The Morgan fingerprint density at radius 1 is 0.233 bits per heavy atom. The number of fused-ring (bicyclic) bond motifs is 5. The zero-order valence-electron chi connectivity index (χ0n) is 33.1. The second kappa shape index (κ2) is 15.2. The summed E-state index contributed by atoms with van der Waals surface area (Å²) in [6.45, 7) is 0. The molecular formula is C60H40. The van der Waals surface area contributed by atoms with E-state index in [4.69, 9.17) is 0 Å². The Morgan fingerprint density at radius 3 is 1.22 bits per heavy atom. The van der Waals surface area contributed by atoms with Crippen molar-refractivity contribution >= 4 is 78.2 Å².